The molecule has 0 saturated heterocycles. The predicted octanol–water partition coefficient (Wildman–Crippen LogP) is 16.2. The summed E-state index contributed by atoms with van der Waals surface area (Å²) in [4.78, 5) is 37.8. The average molecular weight is 847 g/mol. The number of esters is 3. The molecule has 0 amide bonds. The van der Waals surface area contributed by atoms with E-state index in [0.717, 1.165) is 83.5 Å². The summed E-state index contributed by atoms with van der Waals surface area (Å²) < 4.78 is 16.7. The summed E-state index contributed by atoms with van der Waals surface area (Å²) in [5.41, 5.74) is 0. The van der Waals surface area contributed by atoms with Crippen LogP contribution in [0, 0.1) is 0 Å². The van der Waals surface area contributed by atoms with Gasteiger partial charge in [0.15, 0.2) is 6.10 Å². The van der Waals surface area contributed by atoms with Gasteiger partial charge in [0.05, 0.1) is 0 Å². The number of unbranched alkanes of at least 4 members (excludes halogenated alkanes) is 21. The van der Waals surface area contributed by atoms with Gasteiger partial charge in [0.2, 0.25) is 0 Å². The molecule has 0 aliphatic carbocycles. The van der Waals surface area contributed by atoms with Gasteiger partial charge < -0.3 is 14.2 Å². The fourth-order valence-corrected chi connectivity index (χ4v) is 6.46. The van der Waals surface area contributed by atoms with E-state index in [-0.39, 0.29) is 31.6 Å². The first-order valence-electron chi connectivity index (χ1n) is 24.8. The summed E-state index contributed by atoms with van der Waals surface area (Å²) in [5.74, 6) is -1.02. The zero-order chi connectivity index (χ0) is 44.4. The van der Waals surface area contributed by atoms with Crippen molar-refractivity contribution in [2.45, 2.75) is 219 Å². The van der Waals surface area contributed by atoms with Crippen LogP contribution in [0.3, 0.4) is 0 Å². The van der Waals surface area contributed by atoms with Crippen molar-refractivity contribution < 1.29 is 28.6 Å². The van der Waals surface area contributed by atoms with E-state index in [9.17, 15) is 14.4 Å². The van der Waals surface area contributed by atoms with Gasteiger partial charge in [0.1, 0.15) is 13.2 Å². The molecule has 61 heavy (non-hydrogen) atoms. The lowest BCUT2D eigenvalue weighted by Crippen LogP contribution is -2.30. The Morgan fingerprint density at radius 1 is 0.344 bits per heavy atom. The Kier molecular flexibility index (Phi) is 46.0. The molecular formula is C55H90O6. The summed E-state index contributed by atoms with van der Waals surface area (Å²) in [6.07, 6.45) is 64.0. The monoisotopic (exact) mass is 847 g/mol. The third-order valence-corrected chi connectivity index (χ3v) is 10.2. The molecule has 1 atom stereocenters. The van der Waals surface area contributed by atoms with Crippen molar-refractivity contribution in [3.8, 4) is 0 Å². The van der Waals surface area contributed by atoms with Crippen molar-refractivity contribution in [3.63, 3.8) is 0 Å². The molecule has 0 rings (SSSR count). The van der Waals surface area contributed by atoms with Crippen LogP contribution in [0.2, 0.25) is 0 Å². The Bertz CT molecular complexity index is 1250. The van der Waals surface area contributed by atoms with Gasteiger partial charge in [-0.05, 0) is 83.5 Å². The molecule has 0 aromatic carbocycles. The van der Waals surface area contributed by atoms with Crippen molar-refractivity contribution in [2.75, 3.05) is 13.2 Å². The maximum absolute atomic E-state index is 12.7. The summed E-state index contributed by atoms with van der Waals surface area (Å²) >= 11 is 0. The van der Waals surface area contributed by atoms with E-state index in [1.165, 1.54) is 83.5 Å². The Balaban J connectivity index is 4.50. The SMILES string of the molecule is CC\C=C/C=C\C=C/C=C\C=C/CCCC(=O)OC(COC(=O)CCCCCCC/C=C\C=C/CCCCCCCCC)COC(=O)CCCCCCC/C=C\CCCCC. The number of rotatable bonds is 43. The fourth-order valence-electron chi connectivity index (χ4n) is 6.46. The van der Waals surface area contributed by atoms with Gasteiger partial charge in [-0.1, -0.05) is 208 Å². The van der Waals surface area contributed by atoms with Gasteiger partial charge in [0, 0.05) is 19.3 Å². The highest BCUT2D eigenvalue weighted by atomic mass is 16.6. The van der Waals surface area contributed by atoms with Crippen LogP contribution >= 0.6 is 0 Å². The second-order valence-corrected chi connectivity index (χ2v) is 16.1. The molecule has 0 N–H and O–H groups in total. The molecule has 0 aromatic rings. The van der Waals surface area contributed by atoms with Crippen LogP contribution in [-0.4, -0.2) is 37.2 Å². The number of hydrogen-bond acceptors (Lipinski definition) is 6. The topological polar surface area (TPSA) is 78.9 Å². The second kappa shape index (κ2) is 49.0. The van der Waals surface area contributed by atoms with Crippen molar-refractivity contribution in [1.29, 1.82) is 0 Å². The molecule has 0 fully saturated rings. The fraction of sp³-hybridized carbons (Fsp3) is 0.655. The molecule has 0 bridgehead atoms. The number of hydrogen-bond donors (Lipinski definition) is 0. The Morgan fingerprint density at radius 3 is 1.15 bits per heavy atom. The van der Waals surface area contributed by atoms with Crippen LogP contribution in [0.15, 0.2) is 97.2 Å². The molecular weight excluding hydrogens is 757 g/mol. The number of allylic oxidation sites excluding steroid dienone is 16. The van der Waals surface area contributed by atoms with E-state index in [2.05, 4.69) is 63.3 Å². The Morgan fingerprint density at radius 2 is 0.672 bits per heavy atom. The van der Waals surface area contributed by atoms with Crippen LogP contribution < -0.4 is 0 Å². The summed E-state index contributed by atoms with van der Waals surface area (Å²) in [5, 5.41) is 0. The molecule has 346 valence electrons. The summed E-state index contributed by atoms with van der Waals surface area (Å²) in [6, 6.07) is 0. The van der Waals surface area contributed by atoms with Gasteiger partial charge in [-0.25, -0.2) is 0 Å². The third kappa shape index (κ3) is 47.2. The molecule has 6 nitrogen and oxygen atoms in total. The highest BCUT2D eigenvalue weighted by Gasteiger charge is 2.19. The van der Waals surface area contributed by atoms with E-state index in [0.29, 0.717) is 19.3 Å². The van der Waals surface area contributed by atoms with Crippen molar-refractivity contribution in [1.82, 2.24) is 0 Å². The van der Waals surface area contributed by atoms with Gasteiger partial charge in [-0.3, -0.25) is 14.4 Å². The molecule has 0 spiro atoms. The lowest BCUT2D eigenvalue weighted by Gasteiger charge is -2.18. The zero-order valence-corrected chi connectivity index (χ0v) is 39.4. The average Bonchev–Trinajstić information content (AvgIpc) is 3.26. The third-order valence-electron chi connectivity index (χ3n) is 10.2. The van der Waals surface area contributed by atoms with Crippen molar-refractivity contribution >= 4 is 17.9 Å². The maximum Gasteiger partial charge on any atom is 0.306 e. The van der Waals surface area contributed by atoms with Crippen LogP contribution in [0.1, 0.15) is 213 Å². The number of carbonyl (C=O) groups is 3. The molecule has 0 aliphatic heterocycles. The minimum atomic E-state index is -0.824. The Hall–Kier alpha value is -3.67. The molecule has 6 heteroatoms. The standard InChI is InChI=1S/C55H90O6/c1-4-7-10-13-16-19-22-25-26-27-28-29-31-33-36-39-42-45-48-54(57)60-51-52(50-59-53(56)47-44-41-38-35-32-24-21-18-15-12-9-6-3)61-55(58)49-46-43-40-37-34-30-23-20-17-14-11-8-5-2/h8,11,14,17-18,20-21,23,26-30,34,37,40,52H,4-7,9-10,12-13,15-16,19,22,24-25,31-33,35-36,38-39,41-51H2,1-3H3/b11-8-,17-14-,21-18-,23-20-,27-26-,29-28-,34-30-,40-37-. The van der Waals surface area contributed by atoms with Crippen LogP contribution in [0.4, 0.5) is 0 Å². The molecule has 0 saturated carbocycles. The van der Waals surface area contributed by atoms with Crippen LogP contribution in [0.25, 0.3) is 0 Å². The summed E-state index contributed by atoms with van der Waals surface area (Å²) in [6.45, 7) is 6.36. The lowest BCUT2D eigenvalue weighted by atomic mass is 10.1. The first-order valence-corrected chi connectivity index (χ1v) is 24.8. The van der Waals surface area contributed by atoms with Crippen LogP contribution in [0.5, 0.6) is 0 Å². The molecule has 0 radical (unpaired) electrons. The largest absolute Gasteiger partial charge is 0.462 e. The molecule has 1 unspecified atom stereocenters. The lowest BCUT2D eigenvalue weighted by molar-refractivity contribution is -0.167. The highest BCUT2D eigenvalue weighted by molar-refractivity contribution is 5.71. The highest BCUT2D eigenvalue weighted by Crippen LogP contribution is 2.13. The molecule has 0 aliphatic rings. The summed E-state index contributed by atoms with van der Waals surface area (Å²) in [7, 11) is 0. The molecule has 0 aromatic heterocycles. The minimum absolute atomic E-state index is 0.117. The first kappa shape index (κ1) is 57.3. The Labute approximate surface area is 375 Å². The van der Waals surface area contributed by atoms with Gasteiger partial charge in [0.25, 0.3) is 0 Å². The van der Waals surface area contributed by atoms with E-state index >= 15 is 0 Å². The maximum atomic E-state index is 12.7. The van der Waals surface area contributed by atoms with E-state index in [1.54, 1.807) is 0 Å². The van der Waals surface area contributed by atoms with Crippen molar-refractivity contribution in [2.24, 2.45) is 0 Å². The molecule has 0 heterocycles. The smallest absolute Gasteiger partial charge is 0.306 e. The van der Waals surface area contributed by atoms with Gasteiger partial charge in [-0.15, -0.1) is 0 Å². The predicted molar refractivity (Wildman–Crippen MR) is 260 cm³/mol. The van der Waals surface area contributed by atoms with Crippen LogP contribution in [-0.2, 0) is 28.6 Å². The van der Waals surface area contributed by atoms with Gasteiger partial charge >= 0.3 is 17.9 Å². The zero-order valence-electron chi connectivity index (χ0n) is 39.4. The van der Waals surface area contributed by atoms with Gasteiger partial charge in [-0.2, -0.15) is 0 Å². The van der Waals surface area contributed by atoms with E-state index in [1.807, 2.05) is 54.7 Å². The van der Waals surface area contributed by atoms with E-state index in [4.69, 9.17) is 14.2 Å². The first-order chi connectivity index (χ1) is 30.0. The normalized spacial score (nSPS) is 12.9. The minimum Gasteiger partial charge on any atom is -0.462 e. The number of ether oxygens (including phenoxy) is 3. The van der Waals surface area contributed by atoms with E-state index < -0.39 is 12.1 Å². The quantitative estimate of drug-likeness (QED) is 0.0200. The second-order valence-electron chi connectivity index (χ2n) is 16.1. The number of carbonyl (C=O) groups excluding carboxylic acids is 3. The van der Waals surface area contributed by atoms with Crippen molar-refractivity contribution in [3.05, 3.63) is 97.2 Å².